The molecule has 0 bridgehead atoms. The molecular weight excluding hydrogens is 381 g/mol. The first-order valence-electron chi connectivity index (χ1n) is 6.70. The van der Waals surface area contributed by atoms with Crippen LogP contribution in [0.25, 0.3) is 0 Å². The van der Waals surface area contributed by atoms with Crippen molar-refractivity contribution in [2.24, 2.45) is 0 Å². The summed E-state index contributed by atoms with van der Waals surface area (Å²) in [6.07, 6.45) is 1.24. The molecule has 0 heterocycles. The van der Waals surface area contributed by atoms with E-state index in [4.69, 9.17) is 9.47 Å². The molecule has 1 aromatic rings. The summed E-state index contributed by atoms with van der Waals surface area (Å²) in [7, 11) is 6.87. The van der Waals surface area contributed by atoms with Gasteiger partial charge >= 0.3 is 0 Å². The van der Waals surface area contributed by atoms with E-state index in [9.17, 15) is 0 Å². The Labute approximate surface area is 141 Å². The van der Waals surface area contributed by atoms with Crippen molar-refractivity contribution < 1.29 is 37.9 Å². The lowest BCUT2D eigenvalue weighted by Crippen LogP contribution is -3.00. The number of para-hydroxylation sites is 1. The van der Waals surface area contributed by atoms with Crippen LogP contribution in [0.4, 0.5) is 0 Å². The molecular formula is C15H28INO2Si. The minimum absolute atomic E-state index is 0. The van der Waals surface area contributed by atoms with Crippen LogP contribution in [-0.2, 0) is 6.54 Å². The summed E-state index contributed by atoms with van der Waals surface area (Å²) in [5.74, 6) is 1.68. The molecule has 20 heavy (non-hydrogen) atoms. The number of halogens is 1. The maximum atomic E-state index is 5.52. The van der Waals surface area contributed by atoms with Crippen LogP contribution in [0.2, 0.25) is 19.6 Å². The Morgan fingerprint density at radius 1 is 1.05 bits per heavy atom. The second-order valence-electron chi connectivity index (χ2n) is 6.97. The summed E-state index contributed by atoms with van der Waals surface area (Å²) < 4.78 is 11.9. The Kier molecular flexibility index (Phi) is 7.55. The summed E-state index contributed by atoms with van der Waals surface area (Å²) in [6.45, 7) is 8.20. The van der Waals surface area contributed by atoms with E-state index >= 15 is 0 Å². The zero-order valence-corrected chi connectivity index (χ0v) is 16.9. The lowest BCUT2D eigenvalue weighted by Gasteiger charge is -2.35. The molecule has 0 aromatic heterocycles. The molecule has 0 atom stereocenters. The van der Waals surface area contributed by atoms with E-state index in [0.29, 0.717) is 0 Å². The highest BCUT2D eigenvalue weighted by Crippen LogP contribution is 2.32. The molecule has 0 saturated heterocycles. The quantitative estimate of drug-likeness (QED) is 0.379. The molecule has 0 radical (unpaired) electrons. The first-order valence-corrected chi connectivity index (χ1v) is 10.4. The number of methoxy groups -OCH3 is 2. The van der Waals surface area contributed by atoms with Crippen LogP contribution in [0.15, 0.2) is 18.2 Å². The van der Waals surface area contributed by atoms with Crippen LogP contribution in [-0.4, -0.2) is 47.0 Å². The maximum Gasteiger partial charge on any atom is 0.169 e. The average molecular weight is 409 g/mol. The van der Waals surface area contributed by atoms with Crippen molar-refractivity contribution >= 4 is 8.07 Å². The third kappa shape index (κ3) is 6.01. The molecule has 1 rings (SSSR count). The first kappa shape index (κ1) is 19.7. The Morgan fingerprint density at radius 3 is 2.10 bits per heavy atom. The van der Waals surface area contributed by atoms with Gasteiger partial charge < -0.3 is 37.9 Å². The summed E-state index contributed by atoms with van der Waals surface area (Å²) >= 11 is 0. The Morgan fingerprint density at radius 2 is 1.65 bits per heavy atom. The first-order chi connectivity index (χ1) is 8.68. The van der Waals surface area contributed by atoms with Gasteiger partial charge in [0, 0.05) is 0 Å². The molecule has 116 valence electrons. The largest absolute Gasteiger partial charge is 1.00 e. The van der Waals surface area contributed by atoms with Crippen molar-refractivity contribution in [1.29, 1.82) is 0 Å². The van der Waals surface area contributed by atoms with Crippen LogP contribution in [0.1, 0.15) is 5.56 Å². The van der Waals surface area contributed by atoms with Crippen molar-refractivity contribution in [3.05, 3.63) is 23.8 Å². The van der Waals surface area contributed by atoms with Crippen molar-refractivity contribution in [1.82, 2.24) is 0 Å². The standard InChI is InChI=1S/C15H28NO2Si.HI/c1-16(2,12-19(5,6)7)11-13-9-8-10-14(17-3)15(13)18-4;/h8-10H,11-12H2,1-7H3;1H/q+1;/p-1. The van der Waals surface area contributed by atoms with Crippen LogP contribution in [0.3, 0.4) is 0 Å². The fourth-order valence-electron chi connectivity index (χ4n) is 2.88. The number of ether oxygens (including phenoxy) is 2. The lowest BCUT2D eigenvalue weighted by atomic mass is 10.1. The van der Waals surface area contributed by atoms with Crippen molar-refractivity contribution in [2.45, 2.75) is 26.2 Å². The summed E-state index contributed by atoms with van der Waals surface area (Å²) in [4.78, 5) is 0. The van der Waals surface area contributed by atoms with Crippen molar-refractivity contribution in [2.75, 3.05) is 34.5 Å². The number of quaternary nitrogens is 1. The van der Waals surface area contributed by atoms with Gasteiger partial charge in [0.05, 0.1) is 40.0 Å². The molecule has 0 aliphatic rings. The van der Waals surface area contributed by atoms with Gasteiger partial charge in [0.25, 0.3) is 0 Å². The normalized spacial score (nSPS) is 11.8. The van der Waals surface area contributed by atoms with Gasteiger partial charge in [0.15, 0.2) is 11.5 Å². The third-order valence-electron chi connectivity index (χ3n) is 2.99. The van der Waals surface area contributed by atoms with Crippen LogP contribution in [0, 0.1) is 0 Å². The van der Waals surface area contributed by atoms with E-state index in [2.05, 4.69) is 39.8 Å². The second kappa shape index (κ2) is 7.65. The summed E-state index contributed by atoms with van der Waals surface area (Å²) in [5, 5.41) is 0. The van der Waals surface area contributed by atoms with E-state index in [1.54, 1.807) is 14.2 Å². The van der Waals surface area contributed by atoms with Gasteiger partial charge in [-0.3, -0.25) is 0 Å². The Bertz CT molecular complexity index is 430. The highest BCUT2D eigenvalue weighted by molar-refractivity contribution is 6.75. The van der Waals surface area contributed by atoms with E-state index in [0.717, 1.165) is 22.5 Å². The van der Waals surface area contributed by atoms with E-state index in [1.165, 1.54) is 11.7 Å². The SMILES string of the molecule is COc1cccc(C[N+](C)(C)C[Si](C)(C)C)c1OC.[I-]. The van der Waals surface area contributed by atoms with E-state index in [-0.39, 0.29) is 24.0 Å². The average Bonchev–Trinajstić information content (AvgIpc) is 2.24. The third-order valence-corrected chi connectivity index (χ3v) is 4.79. The molecule has 0 unspecified atom stereocenters. The number of benzene rings is 1. The molecule has 0 amide bonds. The topological polar surface area (TPSA) is 18.5 Å². The van der Waals surface area contributed by atoms with Gasteiger partial charge in [0.2, 0.25) is 0 Å². The summed E-state index contributed by atoms with van der Waals surface area (Å²) in [5.41, 5.74) is 1.21. The zero-order valence-electron chi connectivity index (χ0n) is 13.8. The monoisotopic (exact) mass is 409 g/mol. The molecule has 1 aromatic carbocycles. The minimum Gasteiger partial charge on any atom is -1.00 e. The summed E-state index contributed by atoms with van der Waals surface area (Å²) in [6, 6.07) is 6.11. The van der Waals surface area contributed by atoms with E-state index in [1.807, 2.05) is 12.1 Å². The number of hydrogen-bond donors (Lipinski definition) is 0. The number of nitrogens with zero attached hydrogens (tertiary/aromatic N) is 1. The molecule has 0 saturated carbocycles. The van der Waals surface area contributed by atoms with Crippen LogP contribution in [0.5, 0.6) is 11.5 Å². The van der Waals surface area contributed by atoms with Crippen LogP contribution >= 0.6 is 0 Å². The number of hydrogen-bond acceptors (Lipinski definition) is 2. The molecule has 5 heteroatoms. The Balaban J connectivity index is 0.00000361. The van der Waals surface area contributed by atoms with Gasteiger partial charge in [-0.25, -0.2) is 0 Å². The van der Waals surface area contributed by atoms with Gasteiger partial charge in [-0.1, -0.05) is 25.7 Å². The van der Waals surface area contributed by atoms with E-state index < -0.39 is 8.07 Å². The van der Waals surface area contributed by atoms with Crippen LogP contribution < -0.4 is 33.5 Å². The smallest absolute Gasteiger partial charge is 0.169 e. The van der Waals surface area contributed by atoms with Crippen molar-refractivity contribution in [3.8, 4) is 11.5 Å². The molecule has 0 aliphatic heterocycles. The maximum absolute atomic E-state index is 5.52. The highest BCUT2D eigenvalue weighted by atomic mass is 127. The molecule has 0 spiro atoms. The Hall–Kier alpha value is -0.273. The fraction of sp³-hybridized carbons (Fsp3) is 0.600. The highest BCUT2D eigenvalue weighted by Gasteiger charge is 2.28. The lowest BCUT2D eigenvalue weighted by molar-refractivity contribution is -0.894. The molecule has 0 fully saturated rings. The predicted octanol–water partition coefficient (Wildman–Crippen LogP) is 0.162. The second-order valence-corrected chi connectivity index (χ2v) is 12.4. The van der Waals surface area contributed by atoms with Gasteiger partial charge in [0.1, 0.15) is 14.6 Å². The van der Waals surface area contributed by atoms with Gasteiger partial charge in [-0.05, 0) is 12.1 Å². The minimum atomic E-state index is -1.10. The molecule has 3 nitrogen and oxygen atoms in total. The van der Waals surface area contributed by atoms with Crippen molar-refractivity contribution in [3.63, 3.8) is 0 Å². The zero-order chi connectivity index (χ0) is 14.7. The number of rotatable bonds is 6. The fourth-order valence-corrected chi connectivity index (χ4v) is 5.56. The molecule has 0 aliphatic carbocycles. The molecule has 0 N–H and O–H groups in total. The van der Waals surface area contributed by atoms with Gasteiger partial charge in [-0.2, -0.15) is 0 Å². The van der Waals surface area contributed by atoms with Gasteiger partial charge in [-0.15, -0.1) is 0 Å². The predicted molar refractivity (Wildman–Crippen MR) is 83.6 cm³/mol.